The Kier molecular flexibility index (Phi) is 7.37. The Bertz CT molecular complexity index is 867. The van der Waals surface area contributed by atoms with Gasteiger partial charge in [-0.15, -0.1) is 0 Å². The largest absolute Gasteiger partial charge is 0.497 e. The molecule has 2 N–H and O–H groups in total. The third kappa shape index (κ3) is 5.55. The van der Waals surface area contributed by atoms with E-state index in [2.05, 4.69) is 27.5 Å². The van der Waals surface area contributed by atoms with Crippen LogP contribution in [-0.2, 0) is 9.59 Å². The molecule has 0 aromatic heterocycles. The monoisotopic (exact) mass is 414 g/mol. The van der Waals surface area contributed by atoms with Crippen molar-refractivity contribution in [3.63, 3.8) is 0 Å². The van der Waals surface area contributed by atoms with Crippen LogP contribution in [-0.4, -0.2) is 68.5 Å². The molecule has 0 unspecified atom stereocenters. The number of anilines is 1. The number of nitrogens with zero attached hydrogens (tertiary/aromatic N) is 2. The Morgan fingerprint density at radius 3 is 2.33 bits per heavy atom. The first-order chi connectivity index (χ1) is 14.5. The van der Waals surface area contributed by atoms with Gasteiger partial charge in [-0.2, -0.15) is 0 Å². The zero-order valence-electron chi connectivity index (χ0n) is 17.2. The molecule has 1 aliphatic rings. The van der Waals surface area contributed by atoms with E-state index in [1.165, 1.54) is 18.2 Å². The quantitative estimate of drug-likeness (QED) is 0.706. The fourth-order valence-electron chi connectivity index (χ4n) is 3.43. The zero-order chi connectivity index (χ0) is 21.5. The Hall–Kier alpha value is -2.97. The summed E-state index contributed by atoms with van der Waals surface area (Å²) in [7, 11) is 3.69. The fourth-order valence-corrected chi connectivity index (χ4v) is 3.43. The summed E-state index contributed by atoms with van der Waals surface area (Å²) < 4.78 is 18.9. The lowest BCUT2D eigenvalue weighted by Crippen LogP contribution is -2.49. The van der Waals surface area contributed by atoms with E-state index in [0.29, 0.717) is 0 Å². The SMILES string of the molecule is COc1ccc([C@@H](CNC(=O)C(=O)Nc2ccccc2F)N2CCN(C)CC2)cc1. The van der Waals surface area contributed by atoms with E-state index in [9.17, 15) is 14.0 Å². The van der Waals surface area contributed by atoms with Gasteiger partial charge in [-0.25, -0.2) is 4.39 Å². The highest BCUT2D eigenvalue weighted by Gasteiger charge is 2.25. The van der Waals surface area contributed by atoms with Crippen molar-refractivity contribution >= 4 is 17.5 Å². The lowest BCUT2D eigenvalue weighted by Gasteiger charge is -2.38. The minimum Gasteiger partial charge on any atom is -0.497 e. The van der Waals surface area contributed by atoms with Crippen LogP contribution in [0, 0.1) is 5.82 Å². The van der Waals surface area contributed by atoms with E-state index in [1.807, 2.05) is 24.3 Å². The second kappa shape index (κ2) is 10.2. The molecule has 0 bridgehead atoms. The predicted octanol–water partition coefficient (Wildman–Crippen LogP) is 1.88. The first-order valence-electron chi connectivity index (χ1n) is 9.88. The molecule has 0 aliphatic carbocycles. The molecule has 0 spiro atoms. The zero-order valence-corrected chi connectivity index (χ0v) is 17.2. The van der Waals surface area contributed by atoms with Gasteiger partial charge in [0.05, 0.1) is 18.8 Å². The predicted molar refractivity (Wildman–Crippen MR) is 113 cm³/mol. The highest BCUT2D eigenvalue weighted by Crippen LogP contribution is 2.24. The Morgan fingerprint density at radius 2 is 1.70 bits per heavy atom. The lowest BCUT2D eigenvalue weighted by atomic mass is 10.0. The van der Waals surface area contributed by atoms with Gasteiger partial charge in [-0.05, 0) is 36.9 Å². The molecule has 2 amide bonds. The smallest absolute Gasteiger partial charge is 0.313 e. The summed E-state index contributed by atoms with van der Waals surface area (Å²) in [5.41, 5.74) is 0.999. The summed E-state index contributed by atoms with van der Waals surface area (Å²) in [6, 6.07) is 13.3. The molecule has 1 aliphatic heterocycles. The van der Waals surface area contributed by atoms with Crippen LogP contribution in [0.3, 0.4) is 0 Å². The minimum atomic E-state index is -0.896. The number of amides is 2. The normalized spacial score (nSPS) is 16.0. The van der Waals surface area contributed by atoms with Gasteiger partial charge in [0.25, 0.3) is 0 Å². The van der Waals surface area contributed by atoms with Crippen molar-refractivity contribution in [1.29, 1.82) is 0 Å². The first kappa shape index (κ1) is 21.7. The highest BCUT2D eigenvalue weighted by molar-refractivity contribution is 6.39. The third-order valence-electron chi connectivity index (χ3n) is 5.26. The van der Waals surface area contributed by atoms with Gasteiger partial charge in [-0.3, -0.25) is 14.5 Å². The van der Waals surface area contributed by atoms with Crippen LogP contribution in [0.1, 0.15) is 11.6 Å². The highest BCUT2D eigenvalue weighted by atomic mass is 19.1. The molecule has 1 fully saturated rings. The van der Waals surface area contributed by atoms with Gasteiger partial charge in [0.1, 0.15) is 11.6 Å². The number of methoxy groups -OCH3 is 1. The molecular formula is C22H27FN4O3. The Balaban J connectivity index is 1.66. The van der Waals surface area contributed by atoms with Gasteiger partial charge in [0.15, 0.2) is 0 Å². The number of carbonyl (C=O) groups excluding carboxylic acids is 2. The molecule has 2 aromatic rings. The van der Waals surface area contributed by atoms with Crippen LogP contribution < -0.4 is 15.4 Å². The molecule has 1 atom stereocenters. The summed E-state index contributed by atoms with van der Waals surface area (Å²) in [5, 5.41) is 5.01. The van der Waals surface area contributed by atoms with E-state index in [-0.39, 0.29) is 18.3 Å². The van der Waals surface area contributed by atoms with Crippen LogP contribution in [0.4, 0.5) is 10.1 Å². The van der Waals surface area contributed by atoms with Crippen molar-refractivity contribution in [3.05, 3.63) is 59.9 Å². The molecule has 8 heteroatoms. The number of rotatable bonds is 6. The average molecular weight is 414 g/mol. The van der Waals surface area contributed by atoms with Crippen molar-refractivity contribution in [2.75, 3.05) is 52.2 Å². The second-order valence-corrected chi connectivity index (χ2v) is 7.27. The number of likely N-dealkylation sites (N-methyl/N-ethyl adjacent to an activating group) is 1. The van der Waals surface area contributed by atoms with Crippen molar-refractivity contribution in [2.45, 2.75) is 6.04 Å². The van der Waals surface area contributed by atoms with Crippen molar-refractivity contribution in [1.82, 2.24) is 15.1 Å². The number of nitrogens with one attached hydrogen (secondary N) is 2. The molecule has 0 radical (unpaired) electrons. The van der Waals surface area contributed by atoms with Crippen LogP contribution in [0.15, 0.2) is 48.5 Å². The summed E-state index contributed by atoms with van der Waals surface area (Å²) in [5.74, 6) is -1.53. The van der Waals surface area contributed by atoms with E-state index in [4.69, 9.17) is 4.74 Å². The first-order valence-corrected chi connectivity index (χ1v) is 9.88. The lowest BCUT2D eigenvalue weighted by molar-refractivity contribution is -0.136. The van der Waals surface area contributed by atoms with Gasteiger partial charge >= 0.3 is 11.8 Å². The summed E-state index contributed by atoms with van der Waals surface area (Å²) in [6.07, 6.45) is 0. The maximum absolute atomic E-state index is 13.7. The van der Waals surface area contributed by atoms with Crippen molar-refractivity contribution < 1.29 is 18.7 Å². The van der Waals surface area contributed by atoms with Crippen molar-refractivity contribution in [2.24, 2.45) is 0 Å². The van der Waals surface area contributed by atoms with E-state index >= 15 is 0 Å². The summed E-state index contributed by atoms with van der Waals surface area (Å²) in [6.45, 7) is 3.82. The number of carbonyl (C=O) groups is 2. The Labute approximate surface area is 175 Å². The average Bonchev–Trinajstić information content (AvgIpc) is 2.77. The molecule has 1 saturated heterocycles. The number of hydrogen-bond donors (Lipinski definition) is 2. The maximum atomic E-state index is 13.7. The van der Waals surface area contributed by atoms with Gasteiger partial charge in [0.2, 0.25) is 0 Å². The van der Waals surface area contributed by atoms with Crippen LogP contribution in [0.25, 0.3) is 0 Å². The van der Waals surface area contributed by atoms with Crippen LogP contribution in [0.2, 0.25) is 0 Å². The van der Waals surface area contributed by atoms with E-state index < -0.39 is 17.6 Å². The number of benzene rings is 2. The molecule has 3 rings (SSSR count). The minimum absolute atomic E-state index is 0.0246. The fraction of sp³-hybridized carbons (Fsp3) is 0.364. The summed E-state index contributed by atoms with van der Waals surface area (Å²) in [4.78, 5) is 29.1. The standard InChI is InChI=1S/C22H27FN4O3/c1-26-11-13-27(14-12-26)20(16-7-9-17(30-2)10-8-16)15-24-21(28)22(29)25-19-6-4-3-5-18(19)23/h3-10,20H,11-15H2,1-2H3,(H,24,28)(H,25,29)/t20-/m1/s1. The molecule has 30 heavy (non-hydrogen) atoms. The molecule has 160 valence electrons. The number of para-hydroxylation sites is 1. The number of halogens is 1. The number of piperazine rings is 1. The maximum Gasteiger partial charge on any atom is 0.313 e. The molecule has 7 nitrogen and oxygen atoms in total. The van der Waals surface area contributed by atoms with Gasteiger partial charge in [-0.1, -0.05) is 24.3 Å². The van der Waals surface area contributed by atoms with E-state index in [1.54, 1.807) is 13.2 Å². The topological polar surface area (TPSA) is 73.9 Å². The van der Waals surface area contributed by atoms with Gasteiger partial charge in [0, 0.05) is 32.7 Å². The molecule has 1 heterocycles. The van der Waals surface area contributed by atoms with Crippen LogP contribution in [0.5, 0.6) is 5.75 Å². The molecule has 0 saturated carbocycles. The number of hydrogen-bond acceptors (Lipinski definition) is 5. The molecule has 2 aromatic carbocycles. The Morgan fingerprint density at radius 1 is 1.03 bits per heavy atom. The van der Waals surface area contributed by atoms with E-state index in [0.717, 1.165) is 37.5 Å². The molecular weight excluding hydrogens is 387 g/mol. The summed E-state index contributed by atoms with van der Waals surface area (Å²) >= 11 is 0. The van der Waals surface area contributed by atoms with Gasteiger partial charge < -0.3 is 20.3 Å². The second-order valence-electron chi connectivity index (χ2n) is 7.27. The van der Waals surface area contributed by atoms with Crippen molar-refractivity contribution in [3.8, 4) is 5.75 Å². The number of ether oxygens (including phenoxy) is 1. The van der Waals surface area contributed by atoms with Crippen LogP contribution >= 0.6 is 0 Å². The third-order valence-corrected chi connectivity index (χ3v) is 5.26.